The Labute approximate surface area is 81.4 Å². The van der Waals surface area contributed by atoms with E-state index in [-0.39, 0.29) is 6.42 Å². The third-order valence-corrected chi connectivity index (χ3v) is 2.10. The molecule has 0 aliphatic heterocycles. The third-order valence-electron chi connectivity index (χ3n) is 2.10. The van der Waals surface area contributed by atoms with Crippen LogP contribution in [0.3, 0.4) is 0 Å². The molecule has 0 aliphatic rings. The van der Waals surface area contributed by atoms with Gasteiger partial charge in [0.15, 0.2) is 6.36 Å². The van der Waals surface area contributed by atoms with Crippen LogP contribution in [-0.4, -0.2) is 17.4 Å². The first kappa shape index (κ1) is 10.7. The molecule has 0 bridgehead atoms. The summed E-state index contributed by atoms with van der Waals surface area (Å²) in [7, 11) is 0. The van der Waals surface area contributed by atoms with Crippen molar-refractivity contribution in [3.8, 4) is 0 Å². The van der Waals surface area contributed by atoms with E-state index in [1.54, 1.807) is 25.1 Å². The van der Waals surface area contributed by atoms with Crippen LogP contribution in [0.5, 0.6) is 0 Å². The lowest BCUT2D eigenvalue weighted by Crippen LogP contribution is -2.14. The van der Waals surface area contributed by atoms with Crippen LogP contribution >= 0.6 is 0 Å². The van der Waals surface area contributed by atoms with Crippen LogP contribution in [0.2, 0.25) is 0 Å². The smallest absolute Gasteiger partial charge is 0.248 e. The molecule has 14 heavy (non-hydrogen) atoms. The van der Waals surface area contributed by atoms with Gasteiger partial charge in [0.2, 0.25) is 5.91 Å². The number of rotatable bonds is 3. The summed E-state index contributed by atoms with van der Waals surface area (Å²) in [5, 5.41) is 8.58. The predicted octanol–water partition coefficient (Wildman–Crippen LogP) is 0.924. The Hall–Kier alpha value is -1.42. The molecular formula is C10H12FNO2. The number of benzene rings is 1. The van der Waals surface area contributed by atoms with Gasteiger partial charge in [0, 0.05) is 12.0 Å². The van der Waals surface area contributed by atoms with Crippen molar-refractivity contribution in [3.63, 3.8) is 0 Å². The van der Waals surface area contributed by atoms with Gasteiger partial charge < -0.3 is 10.8 Å². The summed E-state index contributed by atoms with van der Waals surface area (Å²) in [5.74, 6) is -0.544. The van der Waals surface area contributed by atoms with E-state index in [0.29, 0.717) is 16.7 Å². The molecule has 0 aromatic heterocycles. The largest absolute Gasteiger partial charge is 0.366 e. The van der Waals surface area contributed by atoms with Crippen molar-refractivity contribution < 1.29 is 14.3 Å². The Kier molecular flexibility index (Phi) is 3.19. The van der Waals surface area contributed by atoms with Gasteiger partial charge in [-0.15, -0.1) is 0 Å². The van der Waals surface area contributed by atoms with E-state index in [4.69, 9.17) is 10.8 Å². The normalized spacial score (nSPS) is 12.5. The molecule has 1 unspecified atom stereocenters. The molecule has 0 spiro atoms. The highest BCUT2D eigenvalue weighted by molar-refractivity contribution is 5.94. The first-order valence-corrected chi connectivity index (χ1v) is 4.23. The fourth-order valence-electron chi connectivity index (χ4n) is 1.35. The van der Waals surface area contributed by atoms with Crippen LogP contribution in [0, 0.1) is 6.92 Å². The van der Waals surface area contributed by atoms with E-state index in [0.717, 1.165) is 0 Å². The van der Waals surface area contributed by atoms with E-state index >= 15 is 0 Å². The average molecular weight is 197 g/mol. The minimum Gasteiger partial charge on any atom is -0.366 e. The molecule has 1 aromatic rings. The monoisotopic (exact) mass is 197 g/mol. The van der Waals surface area contributed by atoms with Crippen LogP contribution in [0.1, 0.15) is 21.5 Å². The fraction of sp³-hybridized carbons (Fsp3) is 0.300. The van der Waals surface area contributed by atoms with Gasteiger partial charge in [-0.2, -0.15) is 0 Å². The summed E-state index contributed by atoms with van der Waals surface area (Å²) in [6.45, 7) is 1.68. The zero-order chi connectivity index (χ0) is 10.7. The van der Waals surface area contributed by atoms with E-state index in [1.165, 1.54) is 0 Å². The van der Waals surface area contributed by atoms with E-state index in [9.17, 15) is 9.18 Å². The summed E-state index contributed by atoms with van der Waals surface area (Å²) in [6.07, 6.45) is -2.02. The summed E-state index contributed by atoms with van der Waals surface area (Å²) in [4.78, 5) is 10.9. The van der Waals surface area contributed by atoms with Gasteiger partial charge in [-0.25, -0.2) is 4.39 Å². The van der Waals surface area contributed by atoms with Crippen LogP contribution in [0.4, 0.5) is 4.39 Å². The fourth-order valence-corrected chi connectivity index (χ4v) is 1.35. The lowest BCUT2D eigenvalue weighted by molar-refractivity contribution is 0.0428. The Morgan fingerprint density at radius 2 is 2.29 bits per heavy atom. The number of hydrogen-bond acceptors (Lipinski definition) is 2. The average Bonchev–Trinajstić information content (AvgIpc) is 2.07. The SMILES string of the molecule is Cc1c(CC(O)F)cccc1C(N)=O. The molecular weight excluding hydrogens is 185 g/mol. The van der Waals surface area contributed by atoms with Gasteiger partial charge in [-0.1, -0.05) is 12.1 Å². The van der Waals surface area contributed by atoms with Gasteiger partial charge in [0.25, 0.3) is 0 Å². The highest BCUT2D eigenvalue weighted by Crippen LogP contribution is 2.15. The second-order valence-electron chi connectivity index (χ2n) is 3.09. The highest BCUT2D eigenvalue weighted by Gasteiger charge is 2.10. The molecule has 1 rings (SSSR count). The number of nitrogens with two attached hydrogens (primary N) is 1. The van der Waals surface area contributed by atoms with Gasteiger partial charge in [-0.05, 0) is 24.1 Å². The van der Waals surface area contributed by atoms with Crippen LogP contribution < -0.4 is 5.73 Å². The lowest BCUT2D eigenvalue weighted by atomic mass is 10.00. The second-order valence-corrected chi connectivity index (χ2v) is 3.09. The molecule has 4 heteroatoms. The zero-order valence-electron chi connectivity index (χ0n) is 7.83. The molecule has 0 aliphatic carbocycles. The molecule has 1 aromatic carbocycles. The summed E-state index contributed by atoms with van der Waals surface area (Å²) in [6, 6.07) is 4.85. The summed E-state index contributed by atoms with van der Waals surface area (Å²) >= 11 is 0. The Bertz CT molecular complexity index is 350. The van der Waals surface area contributed by atoms with Crippen LogP contribution in [0.15, 0.2) is 18.2 Å². The van der Waals surface area contributed by atoms with E-state index in [1.807, 2.05) is 0 Å². The van der Waals surface area contributed by atoms with Crippen molar-refractivity contribution in [3.05, 3.63) is 34.9 Å². The van der Waals surface area contributed by atoms with Crippen molar-refractivity contribution in [2.24, 2.45) is 5.73 Å². The zero-order valence-corrected chi connectivity index (χ0v) is 7.83. The minimum absolute atomic E-state index is 0.118. The van der Waals surface area contributed by atoms with Crippen LogP contribution in [0.25, 0.3) is 0 Å². The van der Waals surface area contributed by atoms with Crippen molar-refractivity contribution in [2.45, 2.75) is 19.7 Å². The van der Waals surface area contributed by atoms with Gasteiger partial charge in [0.1, 0.15) is 0 Å². The highest BCUT2D eigenvalue weighted by atomic mass is 19.1. The number of carbonyl (C=O) groups is 1. The van der Waals surface area contributed by atoms with E-state index < -0.39 is 12.3 Å². The maximum atomic E-state index is 12.3. The van der Waals surface area contributed by atoms with Gasteiger partial charge in [0.05, 0.1) is 0 Å². The molecule has 0 saturated heterocycles. The summed E-state index contributed by atoms with van der Waals surface area (Å²) < 4.78 is 12.3. The number of primary amides is 1. The molecule has 3 N–H and O–H groups in total. The molecule has 0 fully saturated rings. The lowest BCUT2D eigenvalue weighted by Gasteiger charge is -2.08. The standard InChI is InChI=1S/C10H12FNO2/c1-6-7(5-9(11)13)3-2-4-8(6)10(12)14/h2-4,9,13H,5H2,1H3,(H2,12,14). The number of aliphatic hydroxyl groups excluding tert-OH is 1. The number of hydrogen-bond donors (Lipinski definition) is 2. The van der Waals surface area contributed by atoms with Crippen molar-refractivity contribution >= 4 is 5.91 Å². The number of halogens is 1. The maximum absolute atomic E-state index is 12.3. The predicted molar refractivity (Wildman–Crippen MR) is 50.5 cm³/mol. The van der Waals surface area contributed by atoms with Gasteiger partial charge >= 0.3 is 0 Å². The molecule has 0 radical (unpaired) electrons. The Morgan fingerprint density at radius 3 is 2.79 bits per heavy atom. The number of amides is 1. The molecule has 0 heterocycles. The number of aliphatic hydroxyl groups is 1. The quantitative estimate of drug-likeness (QED) is 0.757. The van der Waals surface area contributed by atoms with Gasteiger partial charge in [-0.3, -0.25) is 4.79 Å². The van der Waals surface area contributed by atoms with Crippen molar-refractivity contribution in [1.29, 1.82) is 0 Å². The molecule has 1 amide bonds. The molecule has 0 saturated carbocycles. The molecule has 76 valence electrons. The van der Waals surface area contributed by atoms with Crippen molar-refractivity contribution in [1.82, 2.24) is 0 Å². The Balaban J connectivity index is 3.07. The Morgan fingerprint density at radius 1 is 1.64 bits per heavy atom. The maximum Gasteiger partial charge on any atom is 0.248 e. The second kappa shape index (κ2) is 4.19. The third kappa shape index (κ3) is 2.29. The molecule has 3 nitrogen and oxygen atoms in total. The van der Waals surface area contributed by atoms with Crippen LogP contribution in [-0.2, 0) is 6.42 Å². The summed E-state index contributed by atoms with van der Waals surface area (Å²) in [5.41, 5.74) is 6.70. The first-order chi connectivity index (χ1) is 6.52. The first-order valence-electron chi connectivity index (χ1n) is 4.23. The topological polar surface area (TPSA) is 63.3 Å². The number of alkyl halides is 1. The number of carbonyl (C=O) groups excluding carboxylic acids is 1. The minimum atomic E-state index is -1.91. The molecule has 1 atom stereocenters. The van der Waals surface area contributed by atoms with Crippen molar-refractivity contribution in [2.75, 3.05) is 0 Å². The van der Waals surface area contributed by atoms with E-state index in [2.05, 4.69) is 0 Å².